The molecule has 0 aromatic heterocycles. The highest BCUT2D eigenvalue weighted by molar-refractivity contribution is 6.05. The molecule has 0 unspecified atom stereocenters. The molecule has 0 spiro atoms. The molecular weight excluding hydrogens is 374 g/mol. The first-order valence-corrected chi connectivity index (χ1v) is 9.64. The SMILES string of the molecule is CCCCCC(=C/c1ccccc1)/C=C/C(=O)c1ccc(OC(F)F)c(OC)c1. The number of ketones is 1. The van der Waals surface area contributed by atoms with Crippen molar-refractivity contribution in [2.24, 2.45) is 0 Å². The fourth-order valence-corrected chi connectivity index (χ4v) is 2.84. The predicted octanol–water partition coefficient (Wildman–Crippen LogP) is 6.70. The van der Waals surface area contributed by atoms with Gasteiger partial charge in [0.1, 0.15) is 0 Å². The Morgan fingerprint density at radius 3 is 2.45 bits per heavy atom. The van der Waals surface area contributed by atoms with E-state index in [2.05, 4.69) is 17.7 Å². The van der Waals surface area contributed by atoms with E-state index in [0.29, 0.717) is 5.56 Å². The first-order chi connectivity index (χ1) is 14.0. The maximum absolute atomic E-state index is 12.6. The molecule has 0 atom stereocenters. The Labute approximate surface area is 170 Å². The number of carbonyl (C=O) groups excluding carboxylic acids is 1. The van der Waals surface area contributed by atoms with Crippen LogP contribution in [0.3, 0.4) is 0 Å². The molecule has 0 aliphatic rings. The van der Waals surface area contributed by atoms with Crippen LogP contribution in [0.4, 0.5) is 8.78 Å². The minimum atomic E-state index is -2.96. The Kier molecular flexibility index (Phi) is 9.09. The van der Waals surface area contributed by atoms with Gasteiger partial charge in [-0.25, -0.2) is 0 Å². The van der Waals surface area contributed by atoms with E-state index in [1.807, 2.05) is 36.4 Å². The molecule has 2 aromatic carbocycles. The van der Waals surface area contributed by atoms with Crippen molar-refractivity contribution in [1.82, 2.24) is 0 Å². The average molecular weight is 400 g/mol. The second kappa shape index (κ2) is 11.8. The lowest BCUT2D eigenvalue weighted by Gasteiger charge is -2.10. The number of rotatable bonds is 11. The summed E-state index contributed by atoms with van der Waals surface area (Å²) >= 11 is 0. The lowest BCUT2D eigenvalue weighted by atomic mass is 10.0. The lowest BCUT2D eigenvalue weighted by Crippen LogP contribution is -2.04. The van der Waals surface area contributed by atoms with Gasteiger partial charge in [-0.05, 0) is 48.3 Å². The molecular formula is C24H26F2O3. The molecule has 2 aromatic rings. The molecule has 154 valence electrons. The van der Waals surface area contributed by atoms with Crippen LogP contribution in [-0.2, 0) is 0 Å². The normalized spacial score (nSPS) is 11.8. The van der Waals surface area contributed by atoms with Crippen molar-refractivity contribution in [2.45, 2.75) is 39.2 Å². The number of halogens is 2. The van der Waals surface area contributed by atoms with Crippen LogP contribution >= 0.6 is 0 Å². The standard InChI is InChI=1S/C24H26F2O3/c1-3-4-6-9-19(16-18-10-7-5-8-11-18)12-14-21(27)20-13-15-22(29-24(25)26)23(17-20)28-2/h5,7-8,10-17,24H,3-4,6,9H2,1-2H3/b14-12+,19-16-. The van der Waals surface area contributed by atoms with Crippen LogP contribution in [0.1, 0.15) is 48.5 Å². The maximum Gasteiger partial charge on any atom is 0.387 e. The monoisotopic (exact) mass is 400 g/mol. The molecule has 0 aliphatic carbocycles. The van der Waals surface area contributed by atoms with E-state index in [1.165, 1.54) is 31.4 Å². The molecule has 0 saturated heterocycles. The van der Waals surface area contributed by atoms with E-state index in [4.69, 9.17) is 4.74 Å². The van der Waals surface area contributed by atoms with Crippen LogP contribution < -0.4 is 9.47 Å². The van der Waals surface area contributed by atoms with E-state index in [1.54, 1.807) is 0 Å². The van der Waals surface area contributed by atoms with Crippen molar-refractivity contribution in [2.75, 3.05) is 7.11 Å². The predicted molar refractivity (Wildman–Crippen MR) is 112 cm³/mol. The Bertz CT molecular complexity index is 842. The molecule has 5 heteroatoms. The summed E-state index contributed by atoms with van der Waals surface area (Å²) in [4.78, 5) is 12.6. The van der Waals surface area contributed by atoms with Gasteiger partial charge in [0, 0.05) is 5.56 Å². The van der Waals surface area contributed by atoms with Gasteiger partial charge < -0.3 is 9.47 Å². The summed E-state index contributed by atoms with van der Waals surface area (Å²) < 4.78 is 34.4. The Morgan fingerprint density at radius 2 is 1.79 bits per heavy atom. The van der Waals surface area contributed by atoms with Gasteiger partial charge in [-0.1, -0.05) is 62.2 Å². The molecule has 0 N–H and O–H groups in total. The van der Waals surface area contributed by atoms with E-state index >= 15 is 0 Å². The molecule has 0 saturated carbocycles. The Balaban J connectivity index is 2.19. The molecule has 2 rings (SSSR count). The zero-order chi connectivity index (χ0) is 21.1. The number of unbranched alkanes of at least 4 members (excludes halogenated alkanes) is 2. The molecule has 0 aliphatic heterocycles. The third kappa shape index (κ3) is 7.53. The highest BCUT2D eigenvalue weighted by atomic mass is 19.3. The van der Waals surface area contributed by atoms with Crippen molar-refractivity contribution in [3.8, 4) is 11.5 Å². The third-order valence-corrected chi connectivity index (χ3v) is 4.33. The number of hydrogen-bond acceptors (Lipinski definition) is 3. The summed E-state index contributed by atoms with van der Waals surface area (Å²) in [6, 6.07) is 14.1. The minimum absolute atomic E-state index is 0.0903. The summed E-state index contributed by atoms with van der Waals surface area (Å²) in [5.41, 5.74) is 2.47. The molecule has 0 amide bonds. The van der Waals surface area contributed by atoms with Crippen molar-refractivity contribution >= 4 is 11.9 Å². The smallest absolute Gasteiger partial charge is 0.387 e. The fourth-order valence-electron chi connectivity index (χ4n) is 2.84. The maximum atomic E-state index is 12.6. The Morgan fingerprint density at radius 1 is 1.03 bits per heavy atom. The summed E-state index contributed by atoms with van der Waals surface area (Å²) in [6.45, 7) is -0.812. The number of hydrogen-bond donors (Lipinski definition) is 0. The number of alkyl halides is 2. The van der Waals surface area contributed by atoms with Gasteiger partial charge >= 0.3 is 6.61 Å². The molecule has 0 bridgehead atoms. The highest BCUT2D eigenvalue weighted by Crippen LogP contribution is 2.29. The van der Waals surface area contributed by atoms with Gasteiger partial charge in [0.2, 0.25) is 0 Å². The molecule has 0 fully saturated rings. The van der Waals surface area contributed by atoms with Gasteiger partial charge in [0.05, 0.1) is 7.11 Å². The molecule has 0 radical (unpaired) electrons. The zero-order valence-corrected chi connectivity index (χ0v) is 16.7. The number of carbonyl (C=O) groups is 1. The van der Waals surface area contributed by atoms with Crippen molar-refractivity contribution in [1.29, 1.82) is 0 Å². The van der Waals surface area contributed by atoms with Crippen LogP contribution in [-0.4, -0.2) is 19.5 Å². The quantitative estimate of drug-likeness (QED) is 0.182. The molecule has 0 heterocycles. The van der Waals surface area contributed by atoms with Gasteiger partial charge in [0.25, 0.3) is 0 Å². The number of ether oxygens (including phenoxy) is 2. The number of methoxy groups -OCH3 is 1. The van der Waals surface area contributed by atoms with Gasteiger partial charge in [-0.2, -0.15) is 8.78 Å². The summed E-state index contributed by atoms with van der Waals surface area (Å²) in [5, 5.41) is 0. The van der Waals surface area contributed by atoms with Gasteiger partial charge in [-0.15, -0.1) is 0 Å². The topological polar surface area (TPSA) is 35.5 Å². The van der Waals surface area contributed by atoms with Gasteiger partial charge in [0.15, 0.2) is 17.3 Å². The summed E-state index contributed by atoms with van der Waals surface area (Å²) in [6.07, 6.45) is 9.55. The summed E-state index contributed by atoms with van der Waals surface area (Å²) in [5.74, 6) is -0.249. The van der Waals surface area contributed by atoms with Crippen molar-refractivity contribution in [3.63, 3.8) is 0 Å². The largest absolute Gasteiger partial charge is 0.493 e. The van der Waals surface area contributed by atoms with Crippen LogP contribution in [0.2, 0.25) is 0 Å². The van der Waals surface area contributed by atoms with Crippen LogP contribution in [0.5, 0.6) is 11.5 Å². The number of allylic oxidation sites excluding steroid dienone is 3. The van der Waals surface area contributed by atoms with E-state index in [-0.39, 0.29) is 17.3 Å². The zero-order valence-electron chi connectivity index (χ0n) is 16.7. The number of benzene rings is 2. The Hall–Kier alpha value is -2.95. The highest BCUT2D eigenvalue weighted by Gasteiger charge is 2.13. The first-order valence-electron chi connectivity index (χ1n) is 9.64. The van der Waals surface area contributed by atoms with Crippen molar-refractivity contribution < 1.29 is 23.0 Å². The second-order valence-electron chi connectivity index (χ2n) is 6.53. The third-order valence-electron chi connectivity index (χ3n) is 4.33. The minimum Gasteiger partial charge on any atom is -0.493 e. The first kappa shape index (κ1) is 22.3. The lowest BCUT2D eigenvalue weighted by molar-refractivity contribution is -0.0512. The molecule has 29 heavy (non-hydrogen) atoms. The van der Waals surface area contributed by atoms with Crippen molar-refractivity contribution in [3.05, 3.63) is 77.4 Å². The van der Waals surface area contributed by atoms with E-state index in [0.717, 1.165) is 36.8 Å². The summed E-state index contributed by atoms with van der Waals surface area (Å²) in [7, 11) is 1.34. The van der Waals surface area contributed by atoms with Gasteiger partial charge in [-0.3, -0.25) is 4.79 Å². The molecule has 3 nitrogen and oxygen atoms in total. The van der Waals surface area contributed by atoms with Crippen LogP contribution in [0, 0.1) is 0 Å². The van der Waals surface area contributed by atoms with E-state index in [9.17, 15) is 13.6 Å². The van der Waals surface area contributed by atoms with Crippen LogP contribution in [0.15, 0.2) is 66.3 Å². The average Bonchev–Trinajstić information content (AvgIpc) is 2.72. The second-order valence-corrected chi connectivity index (χ2v) is 6.53. The van der Waals surface area contributed by atoms with Crippen LogP contribution in [0.25, 0.3) is 6.08 Å². The fraction of sp³-hybridized carbons (Fsp3) is 0.292. The van der Waals surface area contributed by atoms with E-state index < -0.39 is 6.61 Å².